The van der Waals surface area contributed by atoms with E-state index in [1.165, 1.54) is 30.2 Å². The fourth-order valence-corrected chi connectivity index (χ4v) is 3.99. The highest BCUT2D eigenvalue weighted by molar-refractivity contribution is 9.09. The summed E-state index contributed by atoms with van der Waals surface area (Å²) in [6.45, 7) is 2.38. The smallest absolute Gasteiger partial charge is 0.0704 e. The molecule has 2 heteroatoms. The van der Waals surface area contributed by atoms with Gasteiger partial charge in [0.05, 0.1) is 5.52 Å². The van der Waals surface area contributed by atoms with E-state index in [0.717, 1.165) is 5.52 Å². The molecule has 1 aliphatic rings. The van der Waals surface area contributed by atoms with Gasteiger partial charge in [0, 0.05) is 16.4 Å². The number of halogens is 1. The van der Waals surface area contributed by atoms with Crippen molar-refractivity contribution in [1.82, 2.24) is 4.98 Å². The average molecular weight is 290 g/mol. The van der Waals surface area contributed by atoms with Crippen molar-refractivity contribution >= 4 is 26.8 Å². The van der Waals surface area contributed by atoms with Gasteiger partial charge in [-0.25, -0.2) is 0 Å². The molecule has 1 heterocycles. The summed E-state index contributed by atoms with van der Waals surface area (Å²) >= 11 is 3.76. The van der Waals surface area contributed by atoms with E-state index in [2.05, 4.69) is 52.1 Å². The summed E-state index contributed by atoms with van der Waals surface area (Å²) in [5.41, 5.74) is 2.88. The first-order chi connectivity index (χ1) is 8.19. The van der Waals surface area contributed by atoms with Crippen LogP contribution in [0.1, 0.15) is 31.7 Å². The van der Waals surface area contributed by atoms with Crippen molar-refractivity contribution in [3.8, 4) is 0 Å². The lowest BCUT2D eigenvalue weighted by atomic mass is 9.79. The van der Waals surface area contributed by atoms with Crippen molar-refractivity contribution < 1.29 is 0 Å². The third kappa shape index (κ3) is 1.89. The van der Waals surface area contributed by atoms with Crippen LogP contribution in [0.25, 0.3) is 10.9 Å². The Morgan fingerprint density at radius 2 is 2.18 bits per heavy atom. The number of pyridine rings is 1. The summed E-state index contributed by atoms with van der Waals surface area (Å²) in [5, 5.41) is 1.32. The average Bonchev–Trinajstić information content (AvgIpc) is 2.70. The van der Waals surface area contributed by atoms with Gasteiger partial charge in [0.15, 0.2) is 0 Å². The van der Waals surface area contributed by atoms with Crippen molar-refractivity contribution in [2.75, 3.05) is 0 Å². The quantitative estimate of drug-likeness (QED) is 0.707. The molecule has 17 heavy (non-hydrogen) atoms. The molecule has 1 aromatic heterocycles. The Morgan fingerprint density at radius 1 is 1.29 bits per heavy atom. The molecule has 1 nitrogen and oxygen atoms in total. The van der Waals surface area contributed by atoms with Gasteiger partial charge >= 0.3 is 0 Å². The topological polar surface area (TPSA) is 12.9 Å². The highest BCUT2D eigenvalue weighted by Crippen LogP contribution is 2.45. The summed E-state index contributed by atoms with van der Waals surface area (Å²) in [7, 11) is 0. The van der Waals surface area contributed by atoms with Crippen molar-refractivity contribution in [2.45, 2.75) is 36.4 Å². The highest BCUT2D eigenvalue weighted by Gasteiger charge is 2.36. The van der Waals surface area contributed by atoms with Crippen LogP contribution in [-0.4, -0.2) is 9.81 Å². The molecule has 2 aromatic rings. The first-order valence-corrected chi connectivity index (χ1v) is 7.09. The van der Waals surface area contributed by atoms with Crippen LogP contribution in [-0.2, 0) is 5.41 Å². The molecular formula is C15H16BrN. The van der Waals surface area contributed by atoms with Gasteiger partial charge in [-0.05, 0) is 42.4 Å². The molecule has 0 spiro atoms. The number of aromatic nitrogens is 1. The minimum Gasteiger partial charge on any atom is -0.256 e. The van der Waals surface area contributed by atoms with E-state index in [1.807, 2.05) is 12.3 Å². The first kappa shape index (κ1) is 11.2. The van der Waals surface area contributed by atoms with Crippen LogP contribution in [0, 0.1) is 0 Å². The molecule has 0 radical (unpaired) electrons. The zero-order valence-corrected chi connectivity index (χ0v) is 11.6. The maximum Gasteiger partial charge on any atom is 0.0704 e. The van der Waals surface area contributed by atoms with Crippen molar-refractivity contribution in [1.29, 1.82) is 0 Å². The second kappa shape index (κ2) is 4.09. The molecule has 1 fully saturated rings. The number of alkyl halides is 1. The Kier molecular flexibility index (Phi) is 2.70. The summed E-state index contributed by atoms with van der Waals surface area (Å²) in [5.74, 6) is 0. The monoisotopic (exact) mass is 289 g/mol. The van der Waals surface area contributed by atoms with Gasteiger partial charge < -0.3 is 0 Å². The zero-order chi connectivity index (χ0) is 11.9. The standard InChI is InChI=1S/C15H16BrN/c1-15(8-7-11(16)10-15)13-5-2-6-14-12(13)4-3-9-17-14/h2-6,9,11H,7-8,10H2,1H3. The second-order valence-electron chi connectivity index (χ2n) is 5.28. The van der Waals surface area contributed by atoms with Crippen LogP contribution in [0.4, 0.5) is 0 Å². The zero-order valence-electron chi connectivity index (χ0n) is 9.99. The van der Waals surface area contributed by atoms with Crippen molar-refractivity contribution in [3.63, 3.8) is 0 Å². The summed E-state index contributed by atoms with van der Waals surface area (Å²) in [6, 6.07) is 10.7. The maximum atomic E-state index is 4.45. The van der Waals surface area contributed by atoms with E-state index in [0.29, 0.717) is 10.2 Å². The molecule has 0 N–H and O–H groups in total. The Morgan fingerprint density at radius 3 is 2.94 bits per heavy atom. The molecule has 1 aliphatic carbocycles. The predicted molar refractivity (Wildman–Crippen MR) is 75.7 cm³/mol. The SMILES string of the molecule is CC1(c2cccc3ncccc23)CCC(Br)C1. The highest BCUT2D eigenvalue weighted by atomic mass is 79.9. The third-order valence-corrected chi connectivity index (χ3v) is 4.76. The largest absolute Gasteiger partial charge is 0.256 e. The number of nitrogens with zero attached hydrogens (tertiary/aromatic N) is 1. The fourth-order valence-electron chi connectivity index (χ4n) is 3.04. The molecule has 1 aromatic carbocycles. The van der Waals surface area contributed by atoms with Crippen LogP contribution in [0.2, 0.25) is 0 Å². The maximum absolute atomic E-state index is 4.45. The van der Waals surface area contributed by atoms with Gasteiger partial charge in [-0.1, -0.05) is 41.1 Å². The molecule has 0 amide bonds. The lowest BCUT2D eigenvalue weighted by Gasteiger charge is -2.26. The lowest BCUT2D eigenvalue weighted by molar-refractivity contribution is 0.497. The van der Waals surface area contributed by atoms with Gasteiger partial charge in [0.2, 0.25) is 0 Å². The van der Waals surface area contributed by atoms with Gasteiger partial charge in [-0.15, -0.1) is 0 Å². The molecule has 0 bridgehead atoms. The Bertz CT molecular complexity index is 546. The van der Waals surface area contributed by atoms with Gasteiger partial charge in [0.25, 0.3) is 0 Å². The molecule has 1 saturated carbocycles. The van der Waals surface area contributed by atoms with E-state index in [1.54, 1.807) is 0 Å². The van der Waals surface area contributed by atoms with E-state index in [9.17, 15) is 0 Å². The molecule has 88 valence electrons. The van der Waals surface area contributed by atoms with E-state index >= 15 is 0 Å². The molecular weight excluding hydrogens is 274 g/mol. The fraction of sp³-hybridized carbons (Fsp3) is 0.400. The minimum atomic E-state index is 0.302. The van der Waals surface area contributed by atoms with Gasteiger partial charge in [0.1, 0.15) is 0 Å². The first-order valence-electron chi connectivity index (χ1n) is 6.17. The van der Waals surface area contributed by atoms with Crippen LogP contribution in [0.3, 0.4) is 0 Å². The van der Waals surface area contributed by atoms with E-state index in [4.69, 9.17) is 0 Å². The minimum absolute atomic E-state index is 0.302. The van der Waals surface area contributed by atoms with E-state index < -0.39 is 0 Å². The predicted octanol–water partition coefficient (Wildman–Crippen LogP) is 4.44. The Labute approximate surface area is 110 Å². The summed E-state index contributed by atoms with van der Waals surface area (Å²) < 4.78 is 0. The lowest BCUT2D eigenvalue weighted by Crippen LogP contribution is -2.18. The van der Waals surface area contributed by atoms with Crippen LogP contribution < -0.4 is 0 Å². The normalized spacial score (nSPS) is 28.7. The summed E-state index contributed by atoms with van der Waals surface area (Å²) in [6.07, 6.45) is 5.63. The van der Waals surface area contributed by atoms with Crippen LogP contribution >= 0.6 is 15.9 Å². The second-order valence-corrected chi connectivity index (χ2v) is 6.57. The number of rotatable bonds is 1. The van der Waals surface area contributed by atoms with Crippen LogP contribution in [0.15, 0.2) is 36.5 Å². The summed E-state index contributed by atoms with van der Waals surface area (Å²) in [4.78, 5) is 5.12. The molecule has 2 atom stereocenters. The number of hydrogen-bond donors (Lipinski definition) is 0. The number of fused-ring (bicyclic) bond motifs is 1. The van der Waals surface area contributed by atoms with E-state index in [-0.39, 0.29) is 0 Å². The van der Waals surface area contributed by atoms with Gasteiger partial charge in [-0.3, -0.25) is 4.98 Å². The molecule has 0 saturated heterocycles. The third-order valence-electron chi connectivity index (χ3n) is 3.98. The van der Waals surface area contributed by atoms with Crippen LogP contribution in [0.5, 0.6) is 0 Å². The Balaban J connectivity index is 2.17. The number of hydrogen-bond acceptors (Lipinski definition) is 1. The molecule has 2 unspecified atom stereocenters. The van der Waals surface area contributed by atoms with Crippen molar-refractivity contribution in [2.24, 2.45) is 0 Å². The number of benzene rings is 1. The van der Waals surface area contributed by atoms with Gasteiger partial charge in [-0.2, -0.15) is 0 Å². The van der Waals surface area contributed by atoms with Crippen molar-refractivity contribution in [3.05, 3.63) is 42.1 Å². The molecule has 3 rings (SSSR count). The molecule has 0 aliphatic heterocycles. The Hall–Kier alpha value is -0.890.